The lowest BCUT2D eigenvalue weighted by atomic mass is 9.90. The summed E-state index contributed by atoms with van der Waals surface area (Å²) in [7, 11) is 0. The number of benzene rings is 1. The number of piperidine rings is 1. The highest BCUT2D eigenvalue weighted by atomic mass is 16.7. The highest BCUT2D eigenvalue weighted by Gasteiger charge is 2.26. The van der Waals surface area contributed by atoms with E-state index >= 15 is 0 Å². The summed E-state index contributed by atoms with van der Waals surface area (Å²) in [6, 6.07) is 9.72. The Labute approximate surface area is 193 Å². The average molecular weight is 446 g/mol. The summed E-state index contributed by atoms with van der Waals surface area (Å²) in [6.45, 7) is 4.70. The van der Waals surface area contributed by atoms with E-state index in [-0.39, 0.29) is 18.6 Å². The number of rotatable bonds is 6. The zero-order valence-electron chi connectivity index (χ0n) is 18.7. The molecule has 170 valence electrons. The van der Waals surface area contributed by atoms with E-state index in [9.17, 15) is 4.79 Å². The Balaban J connectivity index is 1.22. The highest BCUT2D eigenvalue weighted by molar-refractivity contribution is 5.78. The summed E-state index contributed by atoms with van der Waals surface area (Å²) >= 11 is 0. The molecule has 5 rings (SSSR count). The monoisotopic (exact) mass is 445 g/mol. The molecule has 0 radical (unpaired) electrons. The topological polar surface area (TPSA) is 89.5 Å². The second-order valence-electron chi connectivity index (χ2n) is 8.49. The number of fused-ring (bicyclic) bond motifs is 1. The molecule has 2 aliphatic heterocycles. The van der Waals surface area contributed by atoms with E-state index in [0.717, 1.165) is 65.6 Å². The van der Waals surface area contributed by atoms with Crippen molar-refractivity contribution in [1.82, 2.24) is 25.2 Å². The number of aryl methyl sites for hydroxylation is 1. The number of amides is 1. The van der Waals surface area contributed by atoms with E-state index in [0.29, 0.717) is 13.1 Å². The van der Waals surface area contributed by atoms with Gasteiger partial charge < -0.3 is 14.8 Å². The molecule has 8 nitrogen and oxygen atoms in total. The van der Waals surface area contributed by atoms with Gasteiger partial charge in [0.25, 0.3) is 0 Å². The third kappa shape index (κ3) is 4.96. The largest absolute Gasteiger partial charge is 0.454 e. The van der Waals surface area contributed by atoms with E-state index in [1.54, 1.807) is 12.4 Å². The van der Waals surface area contributed by atoms with E-state index in [4.69, 9.17) is 14.5 Å². The number of nitrogens with one attached hydrogen (secondary N) is 1. The van der Waals surface area contributed by atoms with Crippen molar-refractivity contribution in [1.29, 1.82) is 0 Å². The van der Waals surface area contributed by atoms with Crippen LogP contribution in [0.25, 0.3) is 11.1 Å². The zero-order chi connectivity index (χ0) is 22.6. The van der Waals surface area contributed by atoms with Crippen molar-refractivity contribution in [3.05, 3.63) is 66.0 Å². The summed E-state index contributed by atoms with van der Waals surface area (Å²) in [5.41, 5.74) is 4.16. The van der Waals surface area contributed by atoms with Gasteiger partial charge in [-0.15, -0.1) is 0 Å². The first-order valence-corrected chi connectivity index (χ1v) is 11.3. The quantitative estimate of drug-likeness (QED) is 0.624. The lowest BCUT2D eigenvalue weighted by molar-refractivity contribution is -0.122. The molecule has 1 fully saturated rings. The number of carbonyl (C=O) groups excluding carboxylic acids is 1. The Morgan fingerprint density at radius 2 is 2.03 bits per heavy atom. The number of hydrogen-bond acceptors (Lipinski definition) is 7. The lowest BCUT2D eigenvalue weighted by Crippen LogP contribution is -2.42. The second kappa shape index (κ2) is 9.54. The van der Waals surface area contributed by atoms with Crippen LogP contribution in [0.3, 0.4) is 0 Å². The van der Waals surface area contributed by atoms with Crippen molar-refractivity contribution in [2.24, 2.45) is 0 Å². The molecule has 33 heavy (non-hydrogen) atoms. The first kappa shape index (κ1) is 21.3. The van der Waals surface area contributed by atoms with Gasteiger partial charge in [-0.3, -0.25) is 14.7 Å². The molecular formula is C25H27N5O3. The van der Waals surface area contributed by atoms with Crippen LogP contribution in [-0.4, -0.2) is 52.2 Å². The summed E-state index contributed by atoms with van der Waals surface area (Å²) in [6.07, 6.45) is 7.56. The Hall–Kier alpha value is -3.52. The van der Waals surface area contributed by atoms with Gasteiger partial charge in [0.15, 0.2) is 11.5 Å². The fourth-order valence-corrected chi connectivity index (χ4v) is 4.49. The van der Waals surface area contributed by atoms with Crippen LogP contribution in [0.15, 0.2) is 48.9 Å². The molecule has 1 saturated heterocycles. The second-order valence-corrected chi connectivity index (χ2v) is 8.49. The van der Waals surface area contributed by atoms with Crippen LogP contribution in [0.4, 0.5) is 0 Å². The van der Waals surface area contributed by atoms with Crippen molar-refractivity contribution in [3.63, 3.8) is 0 Å². The highest BCUT2D eigenvalue weighted by Crippen LogP contribution is 2.33. The Bertz CT molecular complexity index is 1140. The minimum atomic E-state index is 0.0153. The number of likely N-dealkylation sites (tertiary alicyclic amines) is 1. The Kier molecular flexibility index (Phi) is 6.17. The van der Waals surface area contributed by atoms with Crippen LogP contribution in [0.5, 0.6) is 11.5 Å². The van der Waals surface area contributed by atoms with Gasteiger partial charge >= 0.3 is 0 Å². The van der Waals surface area contributed by atoms with E-state index in [2.05, 4.69) is 20.2 Å². The third-order valence-electron chi connectivity index (χ3n) is 6.12. The minimum Gasteiger partial charge on any atom is -0.454 e. The Morgan fingerprint density at radius 3 is 2.91 bits per heavy atom. The summed E-state index contributed by atoms with van der Waals surface area (Å²) in [5.74, 6) is 2.51. The predicted octanol–water partition coefficient (Wildman–Crippen LogP) is 3.07. The van der Waals surface area contributed by atoms with Crippen molar-refractivity contribution < 1.29 is 14.3 Å². The molecule has 0 bridgehead atoms. The fourth-order valence-electron chi connectivity index (χ4n) is 4.49. The number of carbonyl (C=O) groups is 1. The molecule has 0 aliphatic carbocycles. The standard InChI is InChI=1S/C25H27N5O3/c1-17-27-13-21(19-6-8-26-9-7-19)25(29-17)20-3-2-10-30(14-20)15-24(31)28-12-18-4-5-22-23(11-18)33-16-32-22/h4-9,11,13,20H,2-3,10,12,14-16H2,1H3,(H,28,31)/t20-/m1/s1. The molecule has 0 saturated carbocycles. The molecule has 0 spiro atoms. The number of hydrogen-bond donors (Lipinski definition) is 1. The summed E-state index contributed by atoms with van der Waals surface area (Å²) in [5, 5.41) is 3.03. The van der Waals surface area contributed by atoms with Crippen molar-refractivity contribution in [3.8, 4) is 22.6 Å². The first-order valence-electron chi connectivity index (χ1n) is 11.3. The van der Waals surface area contributed by atoms with Gasteiger partial charge in [-0.05, 0) is 61.7 Å². The molecule has 1 aromatic carbocycles. The van der Waals surface area contributed by atoms with E-state index in [1.807, 2.05) is 43.5 Å². The molecular weight excluding hydrogens is 418 g/mol. The Morgan fingerprint density at radius 1 is 1.18 bits per heavy atom. The van der Waals surface area contributed by atoms with Gasteiger partial charge in [0.1, 0.15) is 5.82 Å². The maximum absolute atomic E-state index is 12.7. The first-order chi connectivity index (χ1) is 16.2. The molecule has 4 heterocycles. The molecule has 1 amide bonds. The van der Waals surface area contributed by atoms with Gasteiger partial charge in [0.2, 0.25) is 12.7 Å². The molecule has 3 aromatic rings. The summed E-state index contributed by atoms with van der Waals surface area (Å²) in [4.78, 5) is 28.2. The van der Waals surface area contributed by atoms with Gasteiger partial charge in [-0.25, -0.2) is 9.97 Å². The van der Waals surface area contributed by atoms with Crippen molar-refractivity contribution >= 4 is 5.91 Å². The molecule has 2 aromatic heterocycles. The molecule has 1 N–H and O–H groups in total. The van der Waals surface area contributed by atoms with Crippen molar-refractivity contribution in [2.45, 2.75) is 32.2 Å². The van der Waals surface area contributed by atoms with Gasteiger partial charge in [0, 0.05) is 43.2 Å². The van der Waals surface area contributed by atoms with Gasteiger partial charge in [-0.2, -0.15) is 0 Å². The summed E-state index contributed by atoms with van der Waals surface area (Å²) < 4.78 is 10.8. The zero-order valence-corrected chi connectivity index (χ0v) is 18.7. The maximum atomic E-state index is 12.7. The van der Waals surface area contributed by atoms with Crippen LogP contribution in [0.2, 0.25) is 0 Å². The number of nitrogens with zero attached hydrogens (tertiary/aromatic N) is 4. The lowest BCUT2D eigenvalue weighted by Gasteiger charge is -2.32. The average Bonchev–Trinajstić information content (AvgIpc) is 3.31. The van der Waals surface area contributed by atoms with Crippen LogP contribution in [-0.2, 0) is 11.3 Å². The number of pyridine rings is 1. The van der Waals surface area contributed by atoms with Crippen LogP contribution in [0.1, 0.15) is 35.8 Å². The normalized spacial score (nSPS) is 17.7. The fraction of sp³-hybridized carbons (Fsp3) is 0.360. The molecule has 0 unspecified atom stereocenters. The third-order valence-corrected chi connectivity index (χ3v) is 6.12. The molecule has 8 heteroatoms. The minimum absolute atomic E-state index is 0.0153. The SMILES string of the molecule is Cc1ncc(-c2ccncc2)c([C@@H]2CCCN(CC(=O)NCc3ccc4c(c3)OCO4)C2)n1. The number of ether oxygens (including phenoxy) is 2. The van der Waals surface area contributed by atoms with Crippen LogP contribution >= 0.6 is 0 Å². The smallest absolute Gasteiger partial charge is 0.234 e. The van der Waals surface area contributed by atoms with Gasteiger partial charge in [-0.1, -0.05) is 6.07 Å². The van der Waals surface area contributed by atoms with Crippen LogP contribution < -0.4 is 14.8 Å². The molecule has 1 atom stereocenters. The molecule has 2 aliphatic rings. The van der Waals surface area contributed by atoms with Crippen molar-refractivity contribution in [2.75, 3.05) is 26.4 Å². The predicted molar refractivity (Wildman–Crippen MR) is 123 cm³/mol. The van der Waals surface area contributed by atoms with Gasteiger partial charge in [0.05, 0.1) is 12.2 Å². The van der Waals surface area contributed by atoms with E-state index < -0.39 is 0 Å². The number of aromatic nitrogens is 3. The maximum Gasteiger partial charge on any atom is 0.234 e. The van der Waals surface area contributed by atoms with E-state index in [1.165, 1.54) is 0 Å². The van der Waals surface area contributed by atoms with Crippen LogP contribution in [0, 0.1) is 6.92 Å².